The third kappa shape index (κ3) is 4.79. The van der Waals surface area contributed by atoms with E-state index in [9.17, 15) is 4.79 Å². The molecule has 0 fully saturated rings. The van der Waals surface area contributed by atoms with Gasteiger partial charge < -0.3 is 4.74 Å². The van der Waals surface area contributed by atoms with Crippen LogP contribution in [0.25, 0.3) is 22.4 Å². The van der Waals surface area contributed by atoms with E-state index in [1.165, 1.54) is 7.11 Å². The van der Waals surface area contributed by atoms with Crippen molar-refractivity contribution in [2.45, 2.75) is 5.54 Å². The monoisotopic (exact) mass is 598 g/mol. The summed E-state index contributed by atoms with van der Waals surface area (Å²) in [6.07, 6.45) is 2.06. The minimum atomic E-state index is -0.704. The number of methoxy groups -OCH3 is 1. The summed E-state index contributed by atoms with van der Waals surface area (Å²) in [5, 5.41) is 5.24. The van der Waals surface area contributed by atoms with Crippen LogP contribution in [0.1, 0.15) is 27.0 Å². The van der Waals surface area contributed by atoms with Crippen LogP contribution in [0.4, 0.5) is 0 Å². The number of halogens is 1. The highest BCUT2D eigenvalue weighted by Gasteiger charge is 2.39. The maximum absolute atomic E-state index is 12.3. The zero-order chi connectivity index (χ0) is 28.2. The van der Waals surface area contributed by atoms with Gasteiger partial charge in [0.1, 0.15) is 11.2 Å². The molecule has 0 amide bonds. The summed E-state index contributed by atoms with van der Waals surface area (Å²) < 4.78 is 7.94. The number of ether oxygens (including phenoxy) is 1. The minimum absolute atomic E-state index is 0.356. The lowest BCUT2D eigenvalue weighted by Crippen LogP contribution is -2.38. The Kier molecular flexibility index (Phi) is 7.36. The van der Waals surface area contributed by atoms with Crippen LogP contribution in [0, 0.1) is 0 Å². The van der Waals surface area contributed by atoms with Crippen LogP contribution in [0.5, 0.6) is 0 Å². The fraction of sp³-hybridized carbons (Fsp3) is 0.0556. The van der Waals surface area contributed by atoms with E-state index < -0.39 is 5.54 Å². The first-order chi connectivity index (χ1) is 20.1. The molecule has 5 aromatic carbocycles. The Morgan fingerprint density at radius 3 is 1.63 bits per heavy atom. The Balaban J connectivity index is 1.50. The predicted octanol–water partition coefficient (Wildman–Crippen LogP) is 8.61. The van der Waals surface area contributed by atoms with E-state index in [0.717, 1.165) is 43.5 Å². The van der Waals surface area contributed by atoms with Crippen LogP contribution >= 0.6 is 15.9 Å². The van der Waals surface area contributed by atoms with Gasteiger partial charge in [0, 0.05) is 11.8 Å². The van der Waals surface area contributed by atoms with Crippen LogP contribution < -0.4 is 0 Å². The Labute approximate surface area is 248 Å². The van der Waals surface area contributed by atoms with Crippen LogP contribution in [0.15, 0.2) is 150 Å². The van der Waals surface area contributed by atoms with E-state index in [1.54, 1.807) is 6.07 Å². The third-order valence-electron chi connectivity index (χ3n) is 7.39. The van der Waals surface area contributed by atoms with Crippen molar-refractivity contribution in [1.29, 1.82) is 0 Å². The van der Waals surface area contributed by atoms with E-state index >= 15 is 0 Å². The largest absolute Gasteiger partial charge is 0.465 e. The van der Waals surface area contributed by atoms with Crippen molar-refractivity contribution in [3.63, 3.8) is 0 Å². The molecule has 0 radical (unpaired) electrons. The molecule has 0 aliphatic rings. The number of aromatic nitrogens is 2. The van der Waals surface area contributed by atoms with Crippen molar-refractivity contribution in [2.24, 2.45) is 0 Å². The van der Waals surface area contributed by atoms with Crippen molar-refractivity contribution in [3.05, 3.63) is 172 Å². The molecule has 0 spiro atoms. The van der Waals surface area contributed by atoms with Crippen molar-refractivity contribution in [2.75, 3.05) is 7.11 Å². The second-order valence-electron chi connectivity index (χ2n) is 9.69. The standard InChI is InChI=1S/C36H27BrN2O2/c1-41-35(40)32-20-12-11-19-31(32)26-21-23-27(24-22-26)34-33(37)25-39(38-34)36(28-13-5-2-6-14-28,29-15-7-3-8-16-29)30-17-9-4-10-18-30/h2-25H,1H3. The molecule has 1 heterocycles. The van der Waals surface area contributed by atoms with Gasteiger partial charge in [-0.1, -0.05) is 133 Å². The van der Waals surface area contributed by atoms with Gasteiger partial charge >= 0.3 is 5.97 Å². The Morgan fingerprint density at radius 1 is 0.659 bits per heavy atom. The first-order valence-corrected chi connectivity index (χ1v) is 14.1. The van der Waals surface area contributed by atoms with Gasteiger partial charge in [0.2, 0.25) is 0 Å². The fourth-order valence-electron chi connectivity index (χ4n) is 5.49. The lowest BCUT2D eigenvalue weighted by Gasteiger charge is -2.36. The van der Waals surface area contributed by atoms with Gasteiger partial charge in [0.05, 0.1) is 17.1 Å². The summed E-state index contributed by atoms with van der Waals surface area (Å²) in [7, 11) is 1.40. The van der Waals surface area contributed by atoms with E-state index in [2.05, 4.69) is 99.6 Å². The maximum Gasteiger partial charge on any atom is 0.338 e. The number of hydrogen-bond acceptors (Lipinski definition) is 3. The molecular formula is C36H27BrN2O2. The topological polar surface area (TPSA) is 44.1 Å². The molecule has 41 heavy (non-hydrogen) atoms. The third-order valence-corrected chi connectivity index (χ3v) is 7.97. The fourth-order valence-corrected chi connectivity index (χ4v) is 5.99. The zero-order valence-corrected chi connectivity index (χ0v) is 24.0. The van der Waals surface area contributed by atoms with Crippen molar-refractivity contribution < 1.29 is 9.53 Å². The maximum atomic E-state index is 12.3. The Morgan fingerprint density at radius 2 is 1.12 bits per heavy atom. The molecule has 0 aliphatic heterocycles. The van der Waals surface area contributed by atoms with E-state index in [0.29, 0.717) is 5.56 Å². The molecular weight excluding hydrogens is 572 g/mol. The van der Waals surface area contributed by atoms with Gasteiger partial charge in [-0.2, -0.15) is 5.10 Å². The summed E-state index contributed by atoms with van der Waals surface area (Å²) in [6.45, 7) is 0. The molecule has 0 saturated heterocycles. The number of benzene rings is 5. The molecule has 5 heteroatoms. The highest BCUT2D eigenvalue weighted by atomic mass is 79.9. The Bertz CT molecular complexity index is 1680. The smallest absolute Gasteiger partial charge is 0.338 e. The van der Waals surface area contributed by atoms with Crippen LogP contribution in [0.2, 0.25) is 0 Å². The summed E-state index contributed by atoms with van der Waals surface area (Å²) in [5.74, 6) is -0.356. The Hall–Kier alpha value is -4.74. The van der Waals surface area contributed by atoms with Gasteiger partial charge in [-0.3, -0.25) is 4.68 Å². The van der Waals surface area contributed by atoms with Crippen LogP contribution in [-0.4, -0.2) is 22.9 Å². The van der Waals surface area contributed by atoms with E-state index in [4.69, 9.17) is 9.84 Å². The van der Waals surface area contributed by atoms with Gasteiger partial charge in [0.25, 0.3) is 0 Å². The molecule has 6 rings (SSSR count). The molecule has 0 bridgehead atoms. The molecule has 4 nitrogen and oxygen atoms in total. The molecule has 0 aliphatic carbocycles. The lowest BCUT2D eigenvalue weighted by atomic mass is 9.77. The van der Waals surface area contributed by atoms with Gasteiger partial charge in [-0.15, -0.1) is 0 Å². The number of rotatable bonds is 7. The summed E-state index contributed by atoms with van der Waals surface area (Å²) in [5.41, 5.74) is 6.68. The minimum Gasteiger partial charge on any atom is -0.465 e. The number of esters is 1. The SMILES string of the molecule is COC(=O)c1ccccc1-c1ccc(-c2nn(C(c3ccccc3)(c3ccccc3)c3ccccc3)cc2Br)cc1. The van der Waals surface area contributed by atoms with Gasteiger partial charge in [-0.05, 0) is 49.8 Å². The highest BCUT2D eigenvalue weighted by Crippen LogP contribution is 2.42. The van der Waals surface area contributed by atoms with Crippen LogP contribution in [0.3, 0.4) is 0 Å². The van der Waals surface area contributed by atoms with E-state index in [1.807, 2.05) is 60.7 Å². The summed E-state index contributed by atoms with van der Waals surface area (Å²) in [4.78, 5) is 12.3. The predicted molar refractivity (Wildman–Crippen MR) is 167 cm³/mol. The van der Waals surface area contributed by atoms with Gasteiger partial charge in [0.15, 0.2) is 0 Å². The van der Waals surface area contributed by atoms with E-state index in [-0.39, 0.29) is 5.97 Å². The van der Waals surface area contributed by atoms with Crippen LogP contribution in [-0.2, 0) is 10.3 Å². The van der Waals surface area contributed by atoms with Crippen molar-refractivity contribution >= 4 is 21.9 Å². The average molecular weight is 600 g/mol. The molecule has 0 saturated carbocycles. The summed E-state index contributed by atoms with van der Waals surface area (Å²) in [6, 6.07) is 47.0. The average Bonchev–Trinajstić information content (AvgIpc) is 3.44. The zero-order valence-electron chi connectivity index (χ0n) is 22.4. The second-order valence-corrected chi connectivity index (χ2v) is 10.5. The van der Waals surface area contributed by atoms with Gasteiger partial charge in [-0.25, -0.2) is 4.79 Å². The lowest BCUT2D eigenvalue weighted by molar-refractivity contribution is 0.0601. The van der Waals surface area contributed by atoms with Crippen molar-refractivity contribution in [1.82, 2.24) is 9.78 Å². The quantitative estimate of drug-likeness (QED) is 0.136. The molecule has 0 N–H and O–H groups in total. The number of carbonyl (C=O) groups is 1. The number of nitrogens with zero attached hydrogens (tertiary/aromatic N) is 2. The molecule has 0 unspecified atom stereocenters. The molecule has 200 valence electrons. The summed E-state index contributed by atoms with van der Waals surface area (Å²) >= 11 is 3.82. The highest BCUT2D eigenvalue weighted by molar-refractivity contribution is 9.10. The normalized spacial score (nSPS) is 11.3. The first-order valence-electron chi connectivity index (χ1n) is 13.3. The second kappa shape index (κ2) is 11.4. The first kappa shape index (κ1) is 26.5. The molecule has 6 aromatic rings. The van der Waals surface area contributed by atoms with Crippen molar-refractivity contribution in [3.8, 4) is 22.4 Å². The number of hydrogen-bond donors (Lipinski definition) is 0. The molecule has 0 atom stereocenters. The number of carbonyl (C=O) groups excluding carboxylic acids is 1. The molecule has 1 aromatic heterocycles.